The van der Waals surface area contributed by atoms with Crippen LogP contribution in [0.4, 0.5) is 0 Å². The zero-order valence-electron chi connectivity index (χ0n) is 14.9. The van der Waals surface area contributed by atoms with Crippen LogP contribution >= 0.6 is 0 Å². The predicted octanol–water partition coefficient (Wildman–Crippen LogP) is 4.41. The average molecular weight is 332 g/mol. The van der Waals surface area contributed by atoms with E-state index in [-0.39, 0.29) is 11.3 Å². The van der Waals surface area contributed by atoms with E-state index in [9.17, 15) is 4.79 Å². The first-order chi connectivity index (χ1) is 12.1. The summed E-state index contributed by atoms with van der Waals surface area (Å²) in [5.74, 6) is 0.633. The van der Waals surface area contributed by atoms with Crippen molar-refractivity contribution in [1.29, 1.82) is 0 Å². The van der Waals surface area contributed by atoms with Crippen LogP contribution in [0, 0.1) is 0 Å². The van der Waals surface area contributed by atoms with Crippen LogP contribution in [0.3, 0.4) is 0 Å². The summed E-state index contributed by atoms with van der Waals surface area (Å²) in [7, 11) is 0. The van der Waals surface area contributed by atoms with E-state index in [0.717, 1.165) is 31.5 Å². The lowest BCUT2D eigenvalue weighted by molar-refractivity contribution is 0.0688. The van der Waals surface area contributed by atoms with Gasteiger partial charge < -0.3 is 4.90 Å². The molecule has 4 rings (SSSR count). The summed E-state index contributed by atoms with van der Waals surface area (Å²) in [5, 5.41) is 0. The monoisotopic (exact) mass is 332 g/mol. The van der Waals surface area contributed by atoms with E-state index in [1.165, 1.54) is 16.8 Å². The van der Waals surface area contributed by atoms with E-state index < -0.39 is 0 Å². The van der Waals surface area contributed by atoms with Crippen molar-refractivity contribution in [2.45, 2.75) is 38.0 Å². The van der Waals surface area contributed by atoms with Crippen LogP contribution in [0.25, 0.3) is 6.08 Å². The van der Waals surface area contributed by atoms with Gasteiger partial charge >= 0.3 is 0 Å². The Hall–Kier alpha value is -2.42. The molecule has 25 heavy (non-hydrogen) atoms. The maximum absolute atomic E-state index is 12.8. The van der Waals surface area contributed by atoms with E-state index in [0.29, 0.717) is 5.92 Å². The van der Waals surface area contributed by atoms with Crippen molar-refractivity contribution < 1.29 is 4.79 Å². The molecule has 1 aliphatic carbocycles. The first-order valence-electron chi connectivity index (χ1n) is 9.13. The van der Waals surface area contributed by atoms with Gasteiger partial charge in [0.25, 0.3) is 5.91 Å². The summed E-state index contributed by atoms with van der Waals surface area (Å²) in [6.45, 7) is 5.90. The van der Waals surface area contributed by atoms with Crippen molar-refractivity contribution in [3.8, 4) is 0 Å². The molecule has 0 atom stereocenters. The molecule has 1 aromatic carbocycles. The first-order valence-corrected chi connectivity index (χ1v) is 9.13. The molecule has 0 saturated carbocycles. The topological polar surface area (TPSA) is 33.2 Å². The number of nitrogens with zero attached hydrogens (tertiary/aromatic N) is 2. The summed E-state index contributed by atoms with van der Waals surface area (Å²) >= 11 is 0. The lowest BCUT2D eigenvalue weighted by Crippen LogP contribution is -2.44. The Balaban J connectivity index is 1.47. The van der Waals surface area contributed by atoms with Gasteiger partial charge in [-0.1, -0.05) is 44.2 Å². The highest BCUT2D eigenvalue weighted by Gasteiger charge is 2.40. The number of fused-ring (bicyclic) bond motifs is 2. The normalized spacial score (nSPS) is 18.0. The maximum Gasteiger partial charge on any atom is 0.253 e. The molecule has 1 aliphatic heterocycles. The van der Waals surface area contributed by atoms with Crippen LogP contribution in [-0.2, 0) is 5.41 Å². The molecule has 1 aromatic heterocycles. The van der Waals surface area contributed by atoms with Crippen LogP contribution in [0.2, 0.25) is 0 Å². The van der Waals surface area contributed by atoms with Crippen LogP contribution in [0.15, 0.2) is 48.7 Å². The number of rotatable bonds is 2. The molecule has 1 fully saturated rings. The minimum Gasteiger partial charge on any atom is -0.339 e. The Bertz CT molecular complexity index is 812. The standard InChI is InChI=1S/C22H24N2O/c1-16(2)17-5-7-19(8-6-17)21(25)24-14-11-22(12-15-24)10-9-18-4-3-13-23-20(18)22/h3-10,13,16H,11-12,14-15H2,1-2H3. The predicted molar refractivity (Wildman–Crippen MR) is 101 cm³/mol. The Kier molecular flexibility index (Phi) is 3.95. The molecule has 1 saturated heterocycles. The van der Waals surface area contributed by atoms with Gasteiger partial charge in [0.05, 0.1) is 5.69 Å². The first kappa shape index (κ1) is 16.1. The molecule has 128 valence electrons. The highest BCUT2D eigenvalue weighted by molar-refractivity contribution is 5.94. The number of hydrogen-bond acceptors (Lipinski definition) is 2. The van der Waals surface area contributed by atoms with Gasteiger partial charge in [-0.25, -0.2) is 0 Å². The number of benzene rings is 1. The van der Waals surface area contributed by atoms with Gasteiger partial charge in [-0.15, -0.1) is 0 Å². The van der Waals surface area contributed by atoms with Gasteiger partial charge in [0.1, 0.15) is 0 Å². The van der Waals surface area contributed by atoms with Gasteiger partial charge in [0, 0.05) is 30.3 Å². The summed E-state index contributed by atoms with van der Waals surface area (Å²) < 4.78 is 0. The van der Waals surface area contributed by atoms with E-state index in [1.54, 1.807) is 0 Å². The summed E-state index contributed by atoms with van der Waals surface area (Å²) in [6, 6.07) is 12.2. The van der Waals surface area contributed by atoms with Crippen molar-refractivity contribution in [2.75, 3.05) is 13.1 Å². The molecule has 1 amide bonds. The molecular formula is C22H24N2O. The lowest BCUT2D eigenvalue weighted by Gasteiger charge is -2.38. The highest BCUT2D eigenvalue weighted by atomic mass is 16.2. The number of aromatic nitrogens is 1. The second kappa shape index (κ2) is 6.14. The molecule has 0 radical (unpaired) electrons. The second-order valence-corrected chi connectivity index (χ2v) is 7.50. The minimum absolute atomic E-state index is 0.0227. The minimum atomic E-state index is 0.0227. The Morgan fingerprint density at radius 1 is 1.12 bits per heavy atom. The number of likely N-dealkylation sites (tertiary alicyclic amines) is 1. The average Bonchev–Trinajstić information content (AvgIpc) is 3.01. The van der Waals surface area contributed by atoms with E-state index in [2.05, 4.69) is 49.2 Å². The van der Waals surface area contributed by atoms with Crippen LogP contribution in [0.1, 0.15) is 59.8 Å². The van der Waals surface area contributed by atoms with Crippen LogP contribution < -0.4 is 0 Å². The molecule has 2 heterocycles. The smallest absolute Gasteiger partial charge is 0.253 e. The van der Waals surface area contributed by atoms with Crippen molar-refractivity contribution in [3.63, 3.8) is 0 Å². The zero-order valence-corrected chi connectivity index (χ0v) is 14.9. The number of allylic oxidation sites excluding steroid dienone is 1. The molecule has 2 aliphatic rings. The molecule has 1 spiro atoms. The Morgan fingerprint density at radius 3 is 2.52 bits per heavy atom. The Labute approximate surface area is 149 Å². The fourth-order valence-electron chi connectivity index (χ4n) is 4.00. The summed E-state index contributed by atoms with van der Waals surface area (Å²) in [5.41, 5.74) is 4.50. The fourth-order valence-corrected chi connectivity index (χ4v) is 4.00. The molecule has 3 nitrogen and oxygen atoms in total. The van der Waals surface area contributed by atoms with E-state index in [4.69, 9.17) is 0 Å². The van der Waals surface area contributed by atoms with Gasteiger partial charge in [0.2, 0.25) is 0 Å². The van der Waals surface area contributed by atoms with Crippen molar-refractivity contribution >= 4 is 12.0 Å². The van der Waals surface area contributed by atoms with Gasteiger partial charge in [0.15, 0.2) is 0 Å². The third kappa shape index (κ3) is 2.78. The number of piperidine rings is 1. The zero-order chi connectivity index (χ0) is 17.4. The number of hydrogen-bond donors (Lipinski definition) is 0. The third-order valence-electron chi connectivity index (χ3n) is 5.66. The van der Waals surface area contributed by atoms with Crippen LogP contribution in [0.5, 0.6) is 0 Å². The molecule has 0 unspecified atom stereocenters. The number of amides is 1. The fraction of sp³-hybridized carbons (Fsp3) is 0.364. The molecule has 2 aromatic rings. The number of pyridine rings is 1. The van der Waals surface area contributed by atoms with Crippen molar-refractivity contribution in [2.24, 2.45) is 0 Å². The second-order valence-electron chi connectivity index (χ2n) is 7.50. The lowest BCUT2D eigenvalue weighted by atomic mass is 9.77. The number of carbonyl (C=O) groups is 1. The van der Waals surface area contributed by atoms with E-state index in [1.807, 2.05) is 29.3 Å². The molecule has 0 bridgehead atoms. The largest absolute Gasteiger partial charge is 0.339 e. The van der Waals surface area contributed by atoms with Crippen LogP contribution in [-0.4, -0.2) is 28.9 Å². The summed E-state index contributed by atoms with van der Waals surface area (Å²) in [4.78, 5) is 19.4. The van der Waals surface area contributed by atoms with E-state index >= 15 is 0 Å². The molecule has 3 heteroatoms. The van der Waals surface area contributed by atoms with Gasteiger partial charge in [-0.3, -0.25) is 9.78 Å². The Morgan fingerprint density at radius 2 is 1.84 bits per heavy atom. The SMILES string of the molecule is CC(C)c1ccc(C(=O)N2CCC3(C=Cc4cccnc43)CC2)cc1. The van der Waals surface area contributed by atoms with Gasteiger partial charge in [-0.05, 0) is 48.1 Å². The quantitative estimate of drug-likeness (QED) is 0.816. The molecular weight excluding hydrogens is 308 g/mol. The number of carbonyl (C=O) groups excluding carboxylic acids is 1. The maximum atomic E-state index is 12.8. The highest BCUT2D eigenvalue weighted by Crippen LogP contribution is 2.42. The molecule has 0 N–H and O–H groups in total. The van der Waals surface area contributed by atoms with Gasteiger partial charge in [-0.2, -0.15) is 0 Å². The summed E-state index contributed by atoms with van der Waals surface area (Å²) in [6.07, 6.45) is 8.25. The van der Waals surface area contributed by atoms with Crippen molar-refractivity contribution in [1.82, 2.24) is 9.88 Å². The van der Waals surface area contributed by atoms with Crippen molar-refractivity contribution in [3.05, 3.63) is 71.1 Å². The third-order valence-corrected chi connectivity index (χ3v) is 5.66.